The third-order valence-electron chi connectivity index (χ3n) is 0.573. The maximum atomic E-state index is 10.5. The third kappa shape index (κ3) is 7.83. The normalized spacial score (nSPS) is 15.2. The van der Waals surface area contributed by atoms with E-state index in [1.165, 1.54) is 0 Å². The Labute approximate surface area is 85.9 Å². The summed E-state index contributed by atoms with van der Waals surface area (Å²) in [6, 6.07) is 0. The van der Waals surface area contributed by atoms with Gasteiger partial charge in [-0.3, -0.25) is 4.57 Å². The molecule has 0 aliphatic rings. The molecule has 0 aliphatic heterocycles. The quantitative estimate of drug-likeness (QED) is 0.578. The number of alkyl halides is 2. The van der Waals surface area contributed by atoms with Crippen LogP contribution in [0.1, 0.15) is 0 Å². The highest BCUT2D eigenvalue weighted by Crippen LogP contribution is 2.57. The van der Waals surface area contributed by atoms with E-state index in [2.05, 4.69) is 36.4 Å². The molecule has 0 fully saturated rings. The van der Waals surface area contributed by atoms with Crippen LogP contribution < -0.4 is 0 Å². The van der Waals surface area contributed by atoms with Gasteiger partial charge in [0.15, 0.2) is 0 Å². The van der Waals surface area contributed by atoms with Crippen LogP contribution in [0.3, 0.4) is 0 Å². The molecule has 0 aromatic rings. The second-order valence-corrected chi connectivity index (χ2v) is 7.68. The van der Waals surface area contributed by atoms with Crippen molar-refractivity contribution in [3.05, 3.63) is 0 Å². The van der Waals surface area contributed by atoms with Crippen LogP contribution in [0.5, 0.6) is 0 Å². The van der Waals surface area contributed by atoms with E-state index in [4.69, 9.17) is 22.5 Å². The second-order valence-electron chi connectivity index (χ2n) is 1.46. The van der Waals surface area contributed by atoms with Crippen LogP contribution in [-0.2, 0) is 9.09 Å². The number of hydrogen-bond acceptors (Lipinski definition) is 2. The molecule has 2 nitrogen and oxygen atoms in total. The van der Waals surface area contributed by atoms with Crippen LogP contribution >= 0.6 is 60.4 Å². The predicted molar refractivity (Wildman–Crippen MR) is 51.8 cm³/mol. The van der Waals surface area contributed by atoms with Crippen molar-refractivity contribution in [1.29, 1.82) is 0 Å². The van der Waals surface area contributed by atoms with Crippen LogP contribution in [-0.4, -0.2) is 16.8 Å². The van der Waals surface area contributed by atoms with Crippen molar-refractivity contribution < 1.29 is 9.09 Å². The molecule has 0 aromatic carbocycles. The Morgan fingerprint density at radius 1 is 1.60 bits per heavy atom. The maximum Gasteiger partial charge on any atom is 0.380 e. The summed E-state index contributed by atoms with van der Waals surface area (Å²) in [6.07, 6.45) is -3.34. The van der Waals surface area contributed by atoms with Gasteiger partial charge in [0.2, 0.25) is 0 Å². The molecule has 0 aromatic heterocycles. The zero-order valence-electron chi connectivity index (χ0n) is 4.77. The van der Waals surface area contributed by atoms with Gasteiger partial charge in [0.1, 0.15) is 0 Å². The molecule has 0 saturated carbocycles. The molecule has 0 radical (unpaired) electrons. The first kappa shape index (κ1) is 11.7. The molecule has 0 N–H and O–H groups in total. The summed E-state index contributed by atoms with van der Waals surface area (Å²) >= 11 is 16.6. The van der Waals surface area contributed by atoms with E-state index >= 15 is 0 Å². The van der Waals surface area contributed by atoms with Gasteiger partial charge in [-0.1, -0.05) is 31.9 Å². The van der Waals surface area contributed by atoms with Gasteiger partial charge in [-0.15, -0.1) is 0 Å². The third-order valence-corrected chi connectivity index (χ3v) is 3.85. The fourth-order valence-electron chi connectivity index (χ4n) is 0.212. The molecular weight excluding hydrogens is 330 g/mol. The minimum absolute atomic E-state index is 0.0818. The Hall–Kier alpha value is 1.73. The van der Waals surface area contributed by atoms with E-state index in [1.807, 2.05) is 0 Å². The SMILES string of the molecule is O=P(Cl)(Cl)OCC(Br)CBr. The van der Waals surface area contributed by atoms with Gasteiger partial charge in [0, 0.05) is 10.2 Å². The van der Waals surface area contributed by atoms with Gasteiger partial charge in [-0.2, -0.15) is 0 Å². The molecular formula is C3H5Br2Cl2O2P. The fourth-order valence-corrected chi connectivity index (χ4v) is 1.43. The van der Waals surface area contributed by atoms with Crippen molar-refractivity contribution in [2.45, 2.75) is 4.83 Å². The van der Waals surface area contributed by atoms with E-state index in [1.54, 1.807) is 0 Å². The van der Waals surface area contributed by atoms with Crippen LogP contribution in [0.4, 0.5) is 0 Å². The monoisotopic (exact) mass is 332 g/mol. The van der Waals surface area contributed by atoms with Crippen molar-refractivity contribution in [2.75, 3.05) is 11.9 Å². The predicted octanol–water partition coefficient (Wildman–Crippen LogP) is 3.75. The van der Waals surface area contributed by atoms with E-state index < -0.39 is 6.07 Å². The van der Waals surface area contributed by atoms with Crippen LogP contribution in [0, 0.1) is 0 Å². The summed E-state index contributed by atoms with van der Waals surface area (Å²) in [5, 5.41) is 0.695. The molecule has 0 bridgehead atoms. The lowest BCUT2D eigenvalue weighted by atomic mass is 10.5. The Morgan fingerprint density at radius 3 is 2.40 bits per heavy atom. The van der Waals surface area contributed by atoms with Gasteiger partial charge in [0.05, 0.1) is 6.61 Å². The van der Waals surface area contributed by atoms with Gasteiger partial charge in [0.25, 0.3) is 0 Å². The average molecular weight is 335 g/mol. The van der Waals surface area contributed by atoms with Crippen molar-refractivity contribution in [2.24, 2.45) is 0 Å². The molecule has 1 unspecified atom stereocenters. The molecule has 0 heterocycles. The van der Waals surface area contributed by atoms with Crippen molar-refractivity contribution in [1.82, 2.24) is 0 Å². The minimum Gasteiger partial charge on any atom is -0.305 e. The maximum absolute atomic E-state index is 10.5. The van der Waals surface area contributed by atoms with Gasteiger partial charge >= 0.3 is 6.07 Å². The minimum atomic E-state index is -3.34. The highest BCUT2D eigenvalue weighted by molar-refractivity contribution is 9.12. The summed E-state index contributed by atoms with van der Waals surface area (Å²) in [6.45, 7) is 0.232. The molecule has 0 aliphatic carbocycles. The lowest BCUT2D eigenvalue weighted by Crippen LogP contribution is -2.06. The van der Waals surface area contributed by atoms with Gasteiger partial charge in [-0.05, 0) is 22.5 Å². The largest absolute Gasteiger partial charge is 0.380 e. The summed E-state index contributed by atoms with van der Waals surface area (Å²) in [5.41, 5.74) is 0. The van der Waals surface area contributed by atoms with Crippen LogP contribution in [0.2, 0.25) is 0 Å². The molecule has 10 heavy (non-hydrogen) atoms. The van der Waals surface area contributed by atoms with Gasteiger partial charge in [-0.25, -0.2) is 0 Å². The molecule has 1 atom stereocenters. The molecule has 7 heteroatoms. The van der Waals surface area contributed by atoms with E-state index in [0.29, 0.717) is 5.33 Å². The zero-order chi connectivity index (χ0) is 8.20. The van der Waals surface area contributed by atoms with Crippen molar-refractivity contribution >= 4 is 60.4 Å². The first-order valence-electron chi connectivity index (χ1n) is 2.29. The summed E-state index contributed by atoms with van der Waals surface area (Å²) in [4.78, 5) is 0.0818. The summed E-state index contributed by atoms with van der Waals surface area (Å²) < 4.78 is 15.1. The fraction of sp³-hybridized carbons (Fsp3) is 1.00. The first-order valence-corrected chi connectivity index (χ1v) is 7.77. The molecule has 0 amide bonds. The standard InChI is InChI=1S/C3H5Br2Cl2O2P/c4-1-3(5)2-9-10(6,7)8/h3H,1-2H2. The Bertz CT molecular complexity index is 138. The zero-order valence-corrected chi connectivity index (χ0v) is 10.3. The Kier molecular flexibility index (Phi) is 6.32. The highest BCUT2D eigenvalue weighted by Gasteiger charge is 2.15. The molecule has 62 valence electrons. The van der Waals surface area contributed by atoms with E-state index in [9.17, 15) is 4.57 Å². The van der Waals surface area contributed by atoms with E-state index in [0.717, 1.165) is 0 Å². The Balaban J connectivity index is 3.46. The number of hydrogen-bond donors (Lipinski definition) is 0. The van der Waals surface area contributed by atoms with Crippen LogP contribution in [0.25, 0.3) is 0 Å². The van der Waals surface area contributed by atoms with Gasteiger partial charge < -0.3 is 4.52 Å². The summed E-state index contributed by atoms with van der Waals surface area (Å²) in [5.74, 6) is 0. The summed E-state index contributed by atoms with van der Waals surface area (Å²) in [7, 11) is 0. The average Bonchev–Trinajstić information content (AvgIpc) is 1.81. The second kappa shape index (κ2) is 5.39. The molecule has 0 rings (SSSR count). The van der Waals surface area contributed by atoms with Crippen molar-refractivity contribution in [3.8, 4) is 0 Å². The van der Waals surface area contributed by atoms with E-state index in [-0.39, 0.29) is 11.4 Å². The smallest absolute Gasteiger partial charge is 0.305 e. The topological polar surface area (TPSA) is 26.3 Å². The first-order chi connectivity index (χ1) is 4.45. The lowest BCUT2D eigenvalue weighted by molar-refractivity contribution is 0.341. The number of rotatable bonds is 4. The number of halogens is 4. The molecule has 0 saturated heterocycles. The Morgan fingerprint density at radius 2 is 2.10 bits per heavy atom. The van der Waals surface area contributed by atoms with Crippen LogP contribution in [0.15, 0.2) is 0 Å². The molecule has 0 spiro atoms. The highest BCUT2D eigenvalue weighted by atomic mass is 79.9. The lowest BCUT2D eigenvalue weighted by Gasteiger charge is -2.06. The van der Waals surface area contributed by atoms with Crippen molar-refractivity contribution in [3.63, 3.8) is 0 Å².